The highest BCUT2D eigenvalue weighted by Gasteiger charge is 2.07. The number of rotatable bonds is 4. The van der Waals surface area contributed by atoms with E-state index in [0.29, 0.717) is 5.56 Å². The molecule has 0 atom stereocenters. The van der Waals surface area contributed by atoms with E-state index in [9.17, 15) is 4.79 Å². The highest BCUT2D eigenvalue weighted by atomic mass is 79.9. The van der Waals surface area contributed by atoms with Crippen molar-refractivity contribution in [2.24, 2.45) is 0 Å². The van der Waals surface area contributed by atoms with Gasteiger partial charge in [0.1, 0.15) is 0 Å². The molecule has 3 nitrogen and oxygen atoms in total. The normalized spacial score (nSPS) is 10.3. The number of hydrogen-bond acceptors (Lipinski definition) is 2. The van der Waals surface area contributed by atoms with Crippen LogP contribution in [-0.2, 0) is 6.54 Å². The lowest BCUT2D eigenvalue weighted by Crippen LogP contribution is -2.12. The summed E-state index contributed by atoms with van der Waals surface area (Å²) in [6.07, 6.45) is 0. The first-order valence-corrected chi connectivity index (χ1v) is 7.20. The van der Waals surface area contributed by atoms with E-state index >= 15 is 0 Å². The molecule has 2 aromatic carbocycles. The van der Waals surface area contributed by atoms with Crippen molar-refractivity contribution in [2.75, 3.05) is 12.4 Å². The molecule has 0 heterocycles. The molecule has 0 saturated carbocycles. The standard InChI is InChI=1S/C16H17BrN2O/c1-11-6-7-13(9-15(11)17)16(20)19-14-5-3-4-12(8-14)10-18-2/h3-9,18H,10H2,1-2H3,(H,19,20). The minimum atomic E-state index is -0.104. The van der Waals surface area contributed by atoms with E-state index in [2.05, 4.69) is 26.6 Å². The Morgan fingerprint density at radius 2 is 2.00 bits per heavy atom. The highest BCUT2D eigenvalue weighted by molar-refractivity contribution is 9.10. The van der Waals surface area contributed by atoms with Crippen molar-refractivity contribution in [3.05, 3.63) is 63.6 Å². The summed E-state index contributed by atoms with van der Waals surface area (Å²) in [5.74, 6) is -0.104. The van der Waals surface area contributed by atoms with Crippen LogP contribution in [-0.4, -0.2) is 13.0 Å². The highest BCUT2D eigenvalue weighted by Crippen LogP contribution is 2.19. The van der Waals surface area contributed by atoms with E-state index < -0.39 is 0 Å². The molecule has 104 valence electrons. The van der Waals surface area contributed by atoms with Gasteiger partial charge in [0.2, 0.25) is 0 Å². The molecule has 2 aromatic rings. The van der Waals surface area contributed by atoms with E-state index in [1.165, 1.54) is 0 Å². The minimum absolute atomic E-state index is 0.104. The predicted octanol–water partition coefficient (Wildman–Crippen LogP) is 3.73. The van der Waals surface area contributed by atoms with Gasteiger partial charge in [-0.05, 0) is 49.4 Å². The number of hydrogen-bond donors (Lipinski definition) is 2. The number of benzene rings is 2. The monoisotopic (exact) mass is 332 g/mol. The smallest absolute Gasteiger partial charge is 0.255 e. The quantitative estimate of drug-likeness (QED) is 0.895. The zero-order valence-corrected chi connectivity index (χ0v) is 13.1. The van der Waals surface area contributed by atoms with Gasteiger partial charge in [-0.25, -0.2) is 0 Å². The molecular formula is C16H17BrN2O. The number of nitrogens with one attached hydrogen (secondary N) is 2. The van der Waals surface area contributed by atoms with Crippen molar-refractivity contribution >= 4 is 27.5 Å². The molecule has 0 aliphatic heterocycles. The maximum Gasteiger partial charge on any atom is 0.255 e. The second kappa shape index (κ2) is 6.68. The van der Waals surface area contributed by atoms with Gasteiger partial charge < -0.3 is 10.6 Å². The molecule has 4 heteroatoms. The maximum absolute atomic E-state index is 12.2. The third kappa shape index (κ3) is 3.68. The zero-order chi connectivity index (χ0) is 14.5. The largest absolute Gasteiger partial charge is 0.322 e. The zero-order valence-electron chi connectivity index (χ0n) is 11.5. The van der Waals surface area contributed by atoms with E-state index in [0.717, 1.165) is 27.8 Å². The molecule has 0 aliphatic carbocycles. The molecule has 0 aliphatic rings. The summed E-state index contributed by atoms with van der Waals surface area (Å²) in [6, 6.07) is 13.4. The fourth-order valence-electron chi connectivity index (χ4n) is 1.90. The van der Waals surface area contributed by atoms with Gasteiger partial charge in [-0.3, -0.25) is 4.79 Å². The Balaban J connectivity index is 2.14. The molecule has 2 N–H and O–H groups in total. The third-order valence-corrected chi connectivity index (χ3v) is 3.85. The Bertz CT molecular complexity index is 626. The lowest BCUT2D eigenvalue weighted by atomic mass is 10.1. The fraction of sp³-hybridized carbons (Fsp3) is 0.188. The topological polar surface area (TPSA) is 41.1 Å². The average molecular weight is 333 g/mol. The summed E-state index contributed by atoms with van der Waals surface area (Å²) in [5, 5.41) is 6.01. The lowest BCUT2D eigenvalue weighted by Gasteiger charge is -2.08. The average Bonchev–Trinajstić information content (AvgIpc) is 2.42. The molecule has 2 rings (SSSR count). The number of aryl methyl sites for hydroxylation is 1. The van der Waals surface area contributed by atoms with Crippen LogP contribution in [0.4, 0.5) is 5.69 Å². The number of halogens is 1. The van der Waals surface area contributed by atoms with Crippen LogP contribution >= 0.6 is 15.9 Å². The minimum Gasteiger partial charge on any atom is -0.322 e. The Kier molecular flexibility index (Phi) is 4.93. The van der Waals surface area contributed by atoms with Gasteiger partial charge in [-0.2, -0.15) is 0 Å². The summed E-state index contributed by atoms with van der Waals surface area (Å²) in [4.78, 5) is 12.2. The van der Waals surface area contributed by atoms with Gasteiger partial charge in [-0.15, -0.1) is 0 Å². The Labute approximate surface area is 127 Å². The van der Waals surface area contributed by atoms with Crippen molar-refractivity contribution in [1.82, 2.24) is 5.32 Å². The SMILES string of the molecule is CNCc1cccc(NC(=O)c2ccc(C)c(Br)c2)c1. The van der Waals surface area contributed by atoms with Crippen molar-refractivity contribution in [1.29, 1.82) is 0 Å². The van der Waals surface area contributed by atoms with Crippen LogP contribution in [0.2, 0.25) is 0 Å². The third-order valence-electron chi connectivity index (χ3n) is 3.00. The van der Waals surface area contributed by atoms with Crippen LogP contribution in [0.3, 0.4) is 0 Å². The number of carbonyl (C=O) groups is 1. The first-order chi connectivity index (χ1) is 9.60. The second-order valence-electron chi connectivity index (χ2n) is 4.65. The Hall–Kier alpha value is -1.65. The Morgan fingerprint density at radius 1 is 1.20 bits per heavy atom. The van der Waals surface area contributed by atoms with E-state index in [4.69, 9.17) is 0 Å². The van der Waals surface area contributed by atoms with Gasteiger partial charge in [0.05, 0.1) is 0 Å². The fourth-order valence-corrected chi connectivity index (χ4v) is 2.28. The van der Waals surface area contributed by atoms with Crippen LogP contribution in [0.1, 0.15) is 21.5 Å². The van der Waals surface area contributed by atoms with Crippen LogP contribution < -0.4 is 10.6 Å². The van der Waals surface area contributed by atoms with Gasteiger partial charge >= 0.3 is 0 Å². The first kappa shape index (κ1) is 14.8. The van der Waals surface area contributed by atoms with Gasteiger partial charge in [0.25, 0.3) is 5.91 Å². The molecule has 0 radical (unpaired) electrons. The molecule has 0 spiro atoms. The Morgan fingerprint density at radius 3 is 2.70 bits per heavy atom. The maximum atomic E-state index is 12.2. The van der Waals surface area contributed by atoms with Crippen LogP contribution in [0.5, 0.6) is 0 Å². The van der Waals surface area contributed by atoms with Gasteiger partial charge in [0, 0.05) is 22.3 Å². The second-order valence-corrected chi connectivity index (χ2v) is 5.50. The molecule has 0 saturated heterocycles. The predicted molar refractivity (Wildman–Crippen MR) is 86.0 cm³/mol. The molecule has 20 heavy (non-hydrogen) atoms. The number of carbonyl (C=O) groups excluding carboxylic acids is 1. The van der Waals surface area contributed by atoms with E-state index in [1.807, 2.05) is 56.4 Å². The first-order valence-electron chi connectivity index (χ1n) is 6.41. The summed E-state index contributed by atoms with van der Waals surface area (Å²) < 4.78 is 0.939. The lowest BCUT2D eigenvalue weighted by molar-refractivity contribution is 0.102. The molecule has 1 amide bonds. The molecule has 0 unspecified atom stereocenters. The van der Waals surface area contributed by atoms with Crippen molar-refractivity contribution in [2.45, 2.75) is 13.5 Å². The summed E-state index contributed by atoms with van der Waals surface area (Å²) in [5.41, 5.74) is 3.69. The molecule has 0 aromatic heterocycles. The van der Waals surface area contributed by atoms with Gasteiger partial charge in [-0.1, -0.05) is 34.1 Å². The molecule has 0 bridgehead atoms. The summed E-state index contributed by atoms with van der Waals surface area (Å²) in [7, 11) is 1.90. The van der Waals surface area contributed by atoms with Crippen molar-refractivity contribution in [3.8, 4) is 0 Å². The van der Waals surface area contributed by atoms with Crippen LogP contribution in [0.15, 0.2) is 46.9 Å². The number of amides is 1. The number of anilines is 1. The molecular weight excluding hydrogens is 316 g/mol. The van der Waals surface area contributed by atoms with Gasteiger partial charge in [0.15, 0.2) is 0 Å². The van der Waals surface area contributed by atoms with Crippen LogP contribution in [0, 0.1) is 6.92 Å². The summed E-state index contributed by atoms with van der Waals surface area (Å²) >= 11 is 3.44. The van der Waals surface area contributed by atoms with Crippen molar-refractivity contribution < 1.29 is 4.79 Å². The van der Waals surface area contributed by atoms with E-state index in [-0.39, 0.29) is 5.91 Å². The van der Waals surface area contributed by atoms with Crippen LogP contribution in [0.25, 0.3) is 0 Å². The summed E-state index contributed by atoms with van der Waals surface area (Å²) in [6.45, 7) is 2.77. The van der Waals surface area contributed by atoms with E-state index in [1.54, 1.807) is 0 Å². The molecule has 0 fully saturated rings. The van der Waals surface area contributed by atoms with Crippen molar-refractivity contribution in [3.63, 3.8) is 0 Å².